The predicted octanol–water partition coefficient (Wildman–Crippen LogP) is 4.04. The molecule has 0 spiro atoms. The maximum absolute atomic E-state index is 13.2. The van der Waals surface area contributed by atoms with Crippen molar-refractivity contribution in [2.75, 3.05) is 6.67 Å². The average Bonchev–Trinajstić information content (AvgIpc) is 3.05. The van der Waals surface area contributed by atoms with Gasteiger partial charge >= 0.3 is 6.18 Å². The van der Waals surface area contributed by atoms with Crippen LogP contribution in [-0.4, -0.2) is 20.1 Å². The number of allylic oxidation sites excluding steroid dienone is 2. The molecule has 1 atom stereocenters. The van der Waals surface area contributed by atoms with E-state index in [0.717, 1.165) is 17.8 Å². The quantitative estimate of drug-likeness (QED) is 0.788. The molecule has 3 rings (SSSR count). The molecule has 1 aliphatic carbocycles. The lowest BCUT2D eigenvalue weighted by atomic mass is 9.99. The zero-order valence-corrected chi connectivity index (χ0v) is 14.8. The highest BCUT2D eigenvalue weighted by atomic mass is 32.2. The van der Waals surface area contributed by atoms with E-state index >= 15 is 0 Å². The van der Waals surface area contributed by atoms with Gasteiger partial charge in [0.15, 0.2) is 0 Å². The lowest BCUT2D eigenvalue weighted by molar-refractivity contribution is -0.137. The molecule has 1 aromatic carbocycles. The largest absolute Gasteiger partial charge is 0.417 e. The van der Waals surface area contributed by atoms with Crippen molar-refractivity contribution in [2.24, 2.45) is 11.1 Å². The van der Waals surface area contributed by atoms with Crippen LogP contribution in [0.4, 0.5) is 17.6 Å². The van der Waals surface area contributed by atoms with Crippen LogP contribution in [0.25, 0.3) is 11.1 Å². The van der Waals surface area contributed by atoms with Gasteiger partial charge in [-0.05, 0) is 59.7 Å². The van der Waals surface area contributed by atoms with E-state index in [-0.39, 0.29) is 10.8 Å². The van der Waals surface area contributed by atoms with E-state index < -0.39 is 28.4 Å². The Kier molecular flexibility index (Phi) is 5.09. The highest BCUT2D eigenvalue weighted by Crippen LogP contribution is 2.43. The van der Waals surface area contributed by atoms with Crippen molar-refractivity contribution < 1.29 is 26.0 Å². The number of rotatable bonds is 4. The number of alkyl halides is 4. The Bertz CT molecular complexity index is 966. The summed E-state index contributed by atoms with van der Waals surface area (Å²) in [5.41, 5.74) is 1.56. The lowest BCUT2D eigenvalue weighted by Crippen LogP contribution is -2.11. The van der Waals surface area contributed by atoms with Crippen LogP contribution in [0.3, 0.4) is 0 Å². The topological polar surface area (TPSA) is 73.1 Å². The first-order chi connectivity index (χ1) is 12.6. The number of hydrogen-bond acceptors (Lipinski definition) is 3. The molecule has 0 saturated carbocycles. The summed E-state index contributed by atoms with van der Waals surface area (Å²) in [5.74, 6) is -0.294. The minimum absolute atomic E-state index is 0.0545. The number of hydrogen-bond donors (Lipinski definition) is 1. The molecule has 0 aliphatic heterocycles. The van der Waals surface area contributed by atoms with Crippen molar-refractivity contribution in [3.05, 3.63) is 59.4 Å². The van der Waals surface area contributed by atoms with E-state index in [1.165, 1.54) is 18.2 Å². The van der Waals surface area contributed by atoms with Gasteiger partial charge < -0.3 is 0 Å². The minimum atomic E-state index is -4.48. The molecule has 0 bridgehead atoms. The van der Waals surface area contributed by atoms with Crippen molar-refractivity contribution in [1.29, 1.82) is 0 Å². The Morgan fingerprint density at radius 3 is 2.15 bits per heavy atom. The number of halogens is 4. The molecule has 0 amide bonds. The van der Waals surface area contributed by atoms with Crippen molar-refractivity contribution in [2.45, 2.75) is 23.9 Å². The maximum Gasteiger partial charge on any atom is 0.417 e. The van der Waals surface area contributed by atoms with Crippen molar-refractivity contribution in [3.63, 3.8) is 0 Å². The smallest absolute Gasteiger partial charge is 0.256 e. The van der Waals surface area contributed by atoms with Gasteiger partial charge in [-0.2, -0.15) is 13.2 Å². The van der Waals surface area contributed by atoms with E-state index in [9.17, 15) is 26.0 Å². The van der Waals surface area contributed by atoms with Crippen LogP contribution < -0.4 is 5.14 Å². The Labute approximate surface area is 153 Å². The molecule has 4 nitrogen and oxygen atoms in total. The number of sulfonamides is 1. The molecule has 144 valence electrons. The third-order valence-electron chi connectivity index (χ3n) is 4.50. The predicted molar refractivity (Wildman–Crippen MR) is 92.6 cm³/mol. The summed E-state index contributed by atoms with van der Waals surface area (Å²) < 4.78 is 74.2. The molecule has 1 unspecified atom stereocenters. The van der Waals surface area contributed by atoms with E-state index in [0.29, 0.717) is 29.7 Å². The molecule has 27 heavy (non-hydrogen) atoms. The zero-order valence-electron chi connectivity index (χ0n) is 14.0. The van der Waals surface area contributed by atoms with Crippen LogP contribution in [0.5, 0.6) is 0 Å². The molecule has 2 aromatic rings. The fraction of sp³-hybridized carbons (Fsp3) is 0.278. The van der Waals surface area contributed by atoms with E-state index in [2.05, 4.69) is 4.98 Å². The van der Waals surface area contributed by atoms with Gasteiger partial charge in [0.05, 0.1) is 22.8 Å². The van der Waals surface area contributed by atoms with Gasteiger partial charge in [0.1, 0.15) is 0 Å². The van der Waals surface area contributed by atoms with E-state index in [4.69, 9.17) is 5.14 Å². The fourth-order valence-electron chi connectivity index (χ4n) is 3.14. The molecule has 1 aromatic heterocycles. The summed E-state index contributed by atoms with van der Waals surface area (Å²) in [5, 5.41) is 5.08. The second kappa shape index (κ2) is 7.05. The molecule has 0 fully saturated rings. The first-order valence-corrected chi connectivity index (χ1v) is 9.59. The van der Waals surface area contributed by atoms with Crippen LogP contribution >= 0.6 is 0 Å². The van der Waals surface area contributed by atoms with Crippen molar-refractivity contribution >= 4 is 21.2 Å². The Balaban J connectivity index is 2.01. The summed E-state index contributed by atoms with van der Waals surface area (Å²) in [4.78, 5) is 3.86. The lowest BCUT2D eigenvalue weighted by Gasteiger charge is -2.10. The van der Waals surface area contributed by atoms with Crippen LogP contribution in [0.15, 0.2) is 47.5 Å². The summed E-state index contributed by atoms with van der Waals surface area (Å²) >= 11 is 0. The molecule has 1 aliphatic rings. The summed E-state index contributed by atoms with van der Waals surface area (Å²) in [6, 6.07) is 8.02. The Morgan fingerprint density at radius 2 is 1.67 bits per heavy atom. The molecular weight excluding hydrogens is 384 g/mol. The first kappa shape index (κ1) is 19.5. The first-order valence-electron chi connectivity index (χ1n) is 8.04. The third-order valence-corrected chi connectivity index (χ3v) is 5.43. The van der Waals surface area contributed by atoms with Crippen molar-refractivity contribution in [1.82, 2.24) is 4.98 Å². The normalized spacial score (nSPS) is 18.2. The number of benzene rings is 1. The summed E-state index contributed by atoms with van der Waals surface area (Å²) in [6.45, 7) is -0.567. The zero-order chi connectivity index (χ0) is 19.8. The van der Waals surface area contributed by atoms with E-state index in [1.807, 2.05) is 0 Å². The average molecular weight is 400 g/mol. The monoisotopic (exact) mass is 400 g/mol. The van der Waals surface area contributed by atoms with E-state index in [1.54, 1.807) is 12.1 Å². The van der Waals surface area contributed by atoms with Gasteiger partial charge in [0.2, 0.25) is 10.0 Å². The second-order valence-corrected chi connectivity index (χ2v) is 7.95. The SMILES string of the molecule is NS(=O)(=O)c1ccc(C2=C(c3ccc(C(F)(F)F)cn3)CC(CF)C2)cc1. The Morgan fingerprint density at radius 1 is 1.04 bits per heavy atom. The van der Waals surface area contributed by atoms with Gasteiger partial charge in [-0.1, -0.05) is 12.1 Å². The minimum Gasteiger partial charge on any atom is -0.256 e. The highest BCUT2D eigenvalue weighted by molar-refractivity contribution is 7.89. The van der Waals surface area contributed by atoms with Gasteiger partial charge in [-0.15, -0.1) is 0 Å². The standard InChI is InChI=1S/C18H16F4N2O2S/c19-9-11-7-15(12-1-4-14(5-2-12)27(23,25)26)16(8-11)17-6-3-13(10-24-17)18(20,21)22/h1-6,10-11H,7-9H2,(H2,23,25,26). The van der Waals surface area contributed by atoms with Gasteiger partial charge in [-0.3, -0.25) is 9.37 Å². The second-order valence-electron chi connectivity index (χ2n) is 6.38. The summed E-state index contributed by atoms with van der Waals surface area (Å²) in [6.07, 6.45) is -2.99. The van der Waals surface area contributed by atoms with Crippen molar-refractivity contribution in [3.8, 4) is 0 Å². The number of pyridine rings is 1. The maximum atomic E-state index is 13.2. The molecule has 9 heteroatoms. The molecule has 1 heterocycles. The highest BCUT2D eigenvalue weighted by Gasteiger charge is 2.32. The number of primary sulfonamides is 1. The fourth-order valence-corrected chi connectivity index (χ4v) is 3.66. The third kappa shape index (κ3) is 4.19. The Hall–Kier alpha value is -2.26. The van der Waals surface area contributed by atoms with Gasteiger partial charge in [0.25, 0.3) is 0 Å². The van der Waals surface area contributed by atoms with Gasteiger partial charge in [0, 0.05) is 6.20 Å². The van der Waals surface area contributed by atoms with Crippen LogP contribution in [0, 0.1) is 5.92 Å². The molecule has 0 radical (unpaired) electrons. The number of nitrogens with zero attached hydrogens (tertiary/aromatic N) is 1. The van der Waals surface area contributed by atoms with Crippen LogP contribution in [0.1, 0.15) is 29.7 Å². The number of aromatic nitrogens is 1. The summed E-state index contributed by atoms with van der Waals surface area (Å²) in [7, 11) is -3.84. The number of nitrogens with two attached hydrogens (primary N) is 1. The van der Waals surface area contributed by atoms with Crippen LogP contribution in [0.2, 0.25) is 0 Å². The molecule has 0 saturated heterocycles. The van der Waals surface area contributed by atoms with Crippen LogP contribution in [-0.2, 0) is 16.2 Å². The molecule has 2 N–H and O–H groups in total. The van der Waals surface area contributed by atoms with Gasteiger partial charge in [-0.25, -0.2) is 13.6 Å². The molecular formula is C18H16F4N2O2S.